The zero-order valence-electron chi connectivity index (χ0n) is 19.1. The molecule has 1 saturated heterocycles. The highest BCUT2D eigenvalue weighted by molar-refractivity contribution is 7.09. The van der Waals surface area contributed by atoms with Crippen molar-refractivity contribution in [3.63, 3.8) is 0 Å². The van der Waals surface area contributed by atoms with Crippen LogP contribution in [0.3, 0.4) is 0 Å². The Labute approximate surface area is 197 Å². The molecule has 0 saturated carbocycles. The summed E-state index contributed by atoms with van der Waals surface area (Å²) in [5.41, 5.74) is 2.89. The van der Waals surface area contributed by atoms with Crippen LogP contribution in [0.5, 0.6) is 0 Å². The molecule has 0 spiro atoms. The summed E-state index contributed by atoms with van der Waals surface area (Å²) in [7, 11) is 0. The molecule has 10 heteroatoms. The van der Waals surface area contributed by atoms with Crippen molar-refractivity contribution < 1.29 is 14.3 Å². The predicted octanol–water partition coefficient (Wildman–Crippen LogP) is 2.44. The lowest BCUT2D eigenvalue weighted by molar-refractivity contribution is -0.132. The summed E-state index contributed by atoms with van der Waals surface area (Å²) in [6, 6.07) is 7.41. The van der Waals surface area contributed by atoms with Crippen LogP contribution in [0.1, 0.15) is 39.5 Å². The number of hydrogen-bond donors (Lipinski definition) is 0. The molecule has 3 aromatic rings. The van der Waals surface area contributed by atoms with Crippen molar-refractivity contribution >= 4 is 23.2 Å². The zero-order chi connectivity index (χ0) is 23.4. The summed E-state index contributed by atoms with van der Waals surface area (Å²) in [6.07, 6.45) is 1.36. The van der Waals surface area contributed by atoms with Crippen molar-refractivity contribution in [3.8, 4) is 0 Å². The Kier molecular flexibility index (Phi) is 7.14. The van der Waals surface area contributed by atoms with Gasteiger partial charge in [-0.3, -0.25) is 19.3 Å². The lowest BCUT2D eigenvalue weighted by atomic mass is 10.2. The van der Waals surface area contributed by atoms with E-state index < -0.39 is 0 Å². The second kappa shape index (κ2) is 10.2. The second-order valence-corrected chi connectivity index (χ2v) is 9.12. The quantitative estimate of drug-likeness (QED) is 0.529. The standard InChI is InChI=1S/C23H28N6O3S/c1-4-29-21(9-16(2)26-29)23(31)28-12-20(32-14-18-7-5-6-8-24-18)11-27(22(30)13-28)10-19-15-33-17(3)25-19/h5-9,15,20H,4,10-14H2,1-3H3. The molecule has 0 N–H and O–H groups in total. The van der Waals surface area contributed by atoms with E-state index in [1.54, 1.807) is 38.1 Å². The number of rotatable bonds is 7. The minimum absolute atomic E-state index is 0.0145. The third-order valence-electron chi connectivity index (χ3n) is 5.45. The highest BCUT2D eigenvalue weighted by atomic mass is 32.1. The summed E-state index contributed by atoms with van der Waals surface area (Å²) in [4.78, 5) is 38.7. The monoisotopic (exact) mass is 468 g/mol. The van der Waals surface area contributed by atoms with Crippen LogP contribution in [0.25, 0.3) is 0 Å². The lowest BCUT2D eigenvalue weighted by Gasteiger charge is -2.24. The fourth-order valence-corrected chi connectivity index (χ4v) is 4.48. The molecule has 3 aromatic heterocycles. The number of pyridine rings is 1. The van der Waals surface area contributed by atoms with Gasteiger partial charge in [-0.1, -0.05) is 6.07 Å². The minimum Gasteiger partial charge on any atom is -0.368 e. The molecule has 9 nitrogen and oxygen atoms in total. The van der Waals surface area contributed by atoms with Gasteiger partial charge in [0.1, 0.15) is 12.2 Å². The maximum Gasteiger partial charge on any atom is 0.272 e. The number of ether oxygens (including phenoxy) is 1. The highest BCUT2D eigenvalue weighted by Gasteiger charge is 2.33. The number of hydrogen-bond acceptors (Lipinski definition) is 7. The van der Waals surface area contributed by atoms with Gasteiger partial charge in [0.05, 0.1) is 41.3 Å². The van der Waals surface area contributed by atoms with E-state index in [4.69, 9.17) is 4.74 Å². The molecule has 0 aliphatic carbocycles. The molecular formula is C23H28N6O3S. The minimum atomic E-state index is -0.360. The van der Waals surface area contributed by atoms with Gasteiger partial charge in [-0.05, 0) is 39.0 Å². The molecule has 1 fully saturated rings. The van der Waals surface area contributed by atoms with E-state index in [0.29, 0.717) is 38.5 Å². The van der Waals surface area contributed by atoms with E-state index in [2.05, 4.69) is 15.1 Å². The van der Waals surface area contributed by atoms with Gasteiger partial charge in [0, 0.05) is 31.2 Å². The van der Waals surface area contributed by atoms with E-state index in [1.807, 2.05) is 44.4 Å². The molecule has 0 radical (unpaired) electrons. The first-order valence-electron chi connectivity index (χ1n) is 11.0. The van der Waals surface area contributed by atoms with Crippen LogP contribution in [-0.4, -0.2) is 67.1 Å². The fourth-order valence-electron chi connectivity index (χ4n) is 3.88. The Morgan fingerprint density at radius 3 is 2.79 bits per heavy atom. The Balaban J connectivity index is 1.55. The largest absolute Gasteiger partial charge is 0.368 e. The zero-order valence-corrected chi connectivity index (χ0v) is 19.9. The van der Waals surface area contributed by atoms with Crippen LogP contribution in [0.2, 0.25) is 0 Å². The van der Waals surface area contributed by atoms with Crippen LogP contribution in [0, 0.1) is 13.8 Å². The predicted molar refractivity (Wildman–Crippen MR) is 124 cm³/mol. The van der Waals surface area contributed by atoms with Crippen LogP contribution >= 0.6 is 11.3 Å². The molecule has 1 atom stereocenters. The number of carbonyl (C=O) groups excluding carboxylic acids is 2. The van der Waals surface area contributed by atoms with Crippen molar-refractivity contribution in [2.24, 2.45) is 0 Å². The molecule has 174 valence electrons. The average Bonchev–Trinajstić information content (AvgIpc) is 3.36. The number of nitrogens with zero attached hydrogens (tertiary/aromatic N) is 6. The van der Waals surface area contributed by atoms with E-state index in [9.17, 15) is 9.59 Å². The number of thiazole rings is 1. The highest BCUT2D eigenvalue weighted by Crippen LogP contribution is 2.18. The molecule has 0 bridgehead atoms. The molecule has 1 unspecified atom stereocenters. The number of aryl methyl sites for hydroxylation is 3. The smallest absolute Gasteiger partial charge is 0.272 e. The molecule has 0 aromatic carbocycles. The van der Waals surface area contributed by atoms with Crippen LogP contribution in [0.4, 0.5) is 0 Å². The number of carbonyl (C=O) groups is 2. The van der Waals surface area contributed by atoms with Crippen LogP contribution in [0.15, 0.2) is 35.8 Å². The topological polar surface area (TPSA) is 93.5 Å². The van der Waals surface area contributed by atoms with Crippen molar-refractivity contribution in [2.75, 3.05) is 19.6 Å². The third-order valence-corrected chi connectivity index (χ3v) is 6.27. The Hall–Kier alpha value is -3.11. The van der Waals surface area contributed by atoms with Crippen LogP contribution < -0.4 is 0 Å². The lowest BCUT2D eigenvalue weighted by Crippen LogP contribution is -2.40. The Morgan fingerprint density at radius 2 is 2.09 bits per heavy atom. The molecule has 1 aliphatic rings. The van der Waals surface area contributed by atoms with Crippen molar-refractivity contribution in [2.45, 2.75) is 46.6 Å². The first kappa shape index (κ1) is 23.1. The molecular weight excluding hydrogens is 440 g/mol. The molecule has 4 rings (SSSR count). The van der Waals surface area contributed by atoms with E-state index >= 15 is 0 Å². The van der Waals surface area contributed by atoms with Crippen LogP contribution in [-0.2, 0) is 29.2 Å². The molecule has 2 amide bonds. The number of amides is 2. The summed E-state index contributed by atoms with van der Waals surface area (Å²) < 4.78 is 7.83. The van der Waals surface area contributed by atoms with E-state index in [0.717, 1.165) is 22.1 Å². The first-order valence-corrected chi connectivity index (χ1v) is 11.8. The normalized spacial score (nSPS) is 16.8. The first-order chi connectivity index (χ1) is 15.9. The molecule has 33 heavy (non-hydrogen) atoms. The fraction of sp³-hybridized carbons (Fsp3) is 0.435. The number of aromatic nitrogens is 4. The Morgan fingerprint density at radius 1 is 1.24 bits per heavy atom. The van der Waals surface area contributed by atoms with Gasteiger partial charge < -0.3 is 14.5 Å². The summed E-state index contributed by atoms with van der Waals surface area (Å²) in [5.74, 6) is -0.346. The van der Waals surface area contributed by atoms with Crippen molar-refractivity contribution in [3.05, 3.63) is 63.6 Å². The van der Waals surface area contributed by atoms with Crippen molar-refractivity contribution in [1.82, 2.24) is 29.5 Å². The van der Waals surface area contributed by atoms with Gasteiger partial charge in [0.15, 0.2) is 0 Å². The van der Waals surface area contributed by atoms with Gasteiger partial charge in [0.2, 0.25) is 5.91 Å². The summed E-state index contributed by atoms with van der Waals surface area (Å²) in [6.45, 7) is 7.66. The molecule has 1 aliphatic heterocycles. The SMILES string of the molecule is CCn1nc(C)cc1C(=O)N1CC(=O)N(Cc2csc(C)n2)CC(OCc2ccccn2)C1. The van der Waals surface area contributed by atoms with E-state index in [1.165, 1.54) is 0 Å². The van der Waals surface area contributed by atoms with Gasteiger partial charge in [-0.15, -0.1) is 11.3 Å². The van der Waals surface area contributed by atoms with Gasteiger partial charge in [-0.25, -0.2) is 4.98 Å². The summed E-state index contributed by atoms with van der Waals surface area (Å²) in [5, 5.41) is 7.30. The second-order valence-electron chi connectivity index (χ2n) is 8.06. The molecule has 4 heterocycles. The summed E-state index contributed by atoms with van der Waals surface area (Å²) >= 11 is 1.55. The van der Waals surface area contributed by atoms with Gasteiger partial charge in [0.25, 0.3) is 5.91 Å². The maximum atomic E-state index is 13.4. The Bertz CT molecular complexity index is 1110. The third kappa shape index (κ3) is 5.63. The van der Waals surface area contributed by atoms with E-state index in [-0.39, 0.29) is 24.5 Å². The van der Waals surface area contributed by atoms with Gasteiger partial charge >= 0.3 is 0 Å². The van der Waals surface area contributed by atoms with Crippen molar-refractivity contribution in [1.29, 1.82) is 0 Å². The average molecular weight is 469 g/mol. The maximum absolute atomic E-state index is 13.4. The van der Waals surface area contributed by atoms with Gasteiger partial charge in [-0.2, -0.15) is 5.10 Å².